The van der Waals surface area contributed by atoms with Crippen molar-refractivity contribution in [1.29, 1.82) is 0 Å². The first-order valence-electron chi connectivity index (χ1n) is 2.57. The number of ether oxygens (including phenoxy) is 1. The average Bonchev–Trinajstić information content (AvgIpc) is 1.80. The lowest BCUT2D eigenvalue weighted by Crippen LogP contribution is -2.13. The maximum atomic E-state index is 10.1. The second kappa shape index (κ2) is 5.13. The molecule has 0 aromatic rings. The minimum absolute atomic E-state index is 0.238. The van der Waals surface area contributed by atoms with Crippen molar-refractivity contribution < 1.29 is 9.53 Å². The number of hydrogen-bond donors (Lipinski definition) is 1. The molecule has 0 aromatic carbocycles. The van der Waals surface area contributed by atoms with E-state index in [4.69, 9.17) is 16.9 Å². The van der Waals surface area contributed by atoms with Crippen LogP contribution in [0.3, 0.4) is 0 Å². The van der Waals surface area contributed by atoms with Gasteiger partial charge in [0.25, 0.3) is 0 Å². The van der Waals surface area contributed by atoms with Crippen molar-refractivity contribution in [3.8, 4) is 12.3 Å². The van der Waals surface area contributed by atoms with E-state index < -0.39 is 0 Å². The highest BCUT2D eigenvalue weighted by molar-refractivity contribution is 5.73. The largest absolute Gasteiger partial charge is 0.370 e. The van der Waals surface area contributed by atoms with Crippen LogP contribution in [0, 0.1) is 12.3 Å². The van der Waals surface area contributed by atoms with Crippen LogP contribution in [-0.4, -0.2) is 19.1 Å². The number of hydrogen-bond acceptors (Lipinski definition) is 2. The van der Waals surface area contributed by atoms with Crippen LogP contribution >= 0.6 is 0 Å². The van der Waals surface area contributed by atoms with Crippen molar-refractivity contribution in [2.45, 2.75) is 6.42 Å². The van der Waals surface area contributed by atoms with E-state index in [0.717, 1.165) is 0 Å². The molecule has 0 atom stereocenters. The molecule has 0 rings (SSSR count). The topological polar surface area (TPSA) is 52.3 Å². The molecular formula is C6H9NO2. The van der Waals surface area contributed by atoms with Crippen LogP contribution in [0.4, 0.5) is 0 Å². The molecule has 0 aliphatic rings. The Morgan fingerprint density at radius 3 is 2.89 bits per heavy atom. The van der Waals surface area contributed by atoms with Gasteiger partial charge in [-0.15, -0.1) is 6.42 Å². The van der Waals surface area contributed by atoms with Gasteiger partial charge in [0.1, 0.15) is 6.61 Å². The van der Waals surface area contributed by atoms with Crippen LogP contribution < -0.4 is 5.73 Å². The number of terminal acetylenes is 1. The van der Waals surface area contributed by atoms with Crippen molar-refractivity contribution in [3.05, 3.63) is 0 Å². The van der Waals surface area contributed by atoms with Crippen LogP contribution in [0.25, 0.3) is 0 Å². The Balaban J connectivity index is 2.94. The van der Waals surface area contributed by atoms with Crippen LogP contribution in [0.2, 0.25) is 0 Å². The molecule has 3 nitrogen and oxygen atoms in total. The van der Waals surface area contributed by atoms with Gasteiger partial charge < -0.3 is 10.5 Å². The lowest BCUT2D eigenvalue weighted by molar-refractivity contribution is -0.118. The van der Waals surface area contributed by atoms with Crippen molar-refractivity contribution >= 4 is 5.91 Å². The summed E-state index contributed by atoms with van der Waals surface area (Å²) in [6.07, 6.45) is 5.09. The van der Waals surface area contributed by atoms with Gasteiger partial charge in [-0.05, 0) is 0 Å². The molecule has 3 heteroatoms. The summed E-state index contributed by atoms with van der Waals surface area (Å²) in [4.78, 5) is 10.1. The molecule has 50 valence electrons. The zero-order chi connectivity index (χ0) is 7.11. The third-order valence-electron chi connectivity index (χ3n) is 0.678. The van der Waals surface area contributed by atoms with E-state index in [-0.39, 0.29) is 18.9 Å². The summed E-state index contributed by atoms with van der Waals surface area (Å²) in [5.41, 5.74) is 4.80. The molecule has 0 spiro atoms. The lowest BCUT2D eigenvalue weighted by atomic mass is 10.4. The summed E-state index contributed by atoms with van der Waals surface area (Å²) in [6.45, 7) is 0.562. The summed E-state index contributed by atoms with van der Waals surface area (Å²) in [5, 5.41) is 0. The number of amides is 1. The van der Waals surface area contributed by atoms with E-state index in [0.29, 0.717) is 6.61 Å². The van der Waals surface area contributed by atoms with E-state index in [2.05, 4.69) is 5.92 Å². The number of primary amides is 1. The lowest BCUT2D eigenvalue weighted by Gasteiger charge is -1.94. The normalized spacial score (nSPS) is 8.33. The van der Waals surface area contributed by atoms with E-state index >= 15 is 0 Å². The van der Waals surface area contributed by atoms with Crippen molar-refractivity contribution in [2.75, 3.05) is 13.2 Å². The molecule has 0 unspecified atom stereocenters. The highest BCUT2D eigenvalue weighted by Gasteiger charge is 1.90. The fourth-order valence-electron chi connectivity index (χ4n) is 0.304. The highest BCUT2D eigenvalue weighted by atomic mass is 16.5. The summed E-state index contributed by atoms with van der Waals surface area (Å²) in [6, 6.07) is 0. The Hall–Kier alpha value is -1.01. The summed E-state index contributed by atoms with van der Waals surface area (Å²) in [7, 11) is 0. The fraction of sp³-hybridized carbons (Fsp3) is 0.500. The van der Waals surface area contributed by atoms with Gasteiger partial charge >= 0.3 is 0 Å². The van der Waals surface area contributed by atoms with E-state index in [9.17, 15) is 4.79 Å². The van der Waals surface area contributed by atoms with Gasteiger partial charge in [0, 0.05) is 6.42 Å². The molecule has 0 radical (unpaired) electrons. The number of carbonyl (C=O) groups is 1. The molecule has 0 saturated heterocycles. The zero-order valence-corrected chi connectivity index (χ0v) is 5.09. The summed E-state index contributed by atoms with van der Waals surface area (Å²) in [5.74, 6) is 1.90. The Morgan fingerprint density at radius 1 is 1.78 bits per heavy atom. The number of carbonyl (C=O) groups excluding carboxylic acids is 1. The van der Waals surface area contributed by atoms with Crippen LogP contribution in [0.1, 0.15) is 6.42 Å². The maximum Gasteiger partial charge on any atom is 0.219 e. The number of rotatable bonds is 4. The fourth-order valence-corrected chi connectivity index (χ4v) is 0.304. The summed E-state index contributed by atoms with van der Waals surface area (Å²) < 4.78 is 4.76. The standard InChI is InChI=1S/C6H9NO2/c1-2-4-9-5-3-6(7)8/h1H,3-5H2,(H2,7,8). The molecule has 9 heavy (non-hydrogen) atoms. The molecule has 1 amide bonds. The minimum Gasteiger partial charge on any atom is -0.370 e. The second-order valence-electron chi connectivity index (χ2n) is 1.47. The van der Waals surface area contributed by atoms with Crippen LogP contribution in [0.15, 0.2) is 0 Å². The predicted octanol–water partition coefficient (Wildman–Crippen LogP) is -0.488. The van der Waals surface area contributed by atoms with Gasteiger partial charge in [-0.1, -0.05) is 5.92 Å². The van der Waals surface area contributed by atoms with Gasteiger partial charge in [-0.3, -0.25) is 4.79 Å². The molecular weight excluding hydrogens is 118 g/mol. The van der Waals surface area contributed by atoms with E-state index in [1.165, 1.54) is 0 Å². The SMILES string of the molecule is C#CCOCCC(N)=O. The molecule has 2 N–H and O–H groups in total. The van der Waals surface area contributed by atoms with Crippen LogP contribution in [-0.2, 0) is 9.53 Å². The first-order valence-corrected chi connectivity index (χ1v) is 2.57. The van der Waals surface area contributed by atoms with Crippen molar-refractivity contribution in [2.24, 2.45) is 5.73 Å². The Kier molecular flexibility index (Phi) is 4.56. The summed E-state index contributed by atoms with van der Waals surface area (Å²) >= 11 is 0. The average molecular weight is 127 g/mol. The maximum absolute atomic E-state index is 10.1. The molecule has 0 saturated carbocycles. The molecule has 0 aromatic heterocycles. The molecule has 0 aliphatic carbocycles. The quantitative estimate of drug-likeness (QED) is 0.409. The van der Waals surface area contributed by atoms with Gasteiger partial charge in [0.05, 0.1) is 6.61 Å². The molecule has 0 bridgehead atoms. The monoisotopic (exact) mass is 127 g/mol. The minimum atomic E-state index is -0.368. The van der Waals surface area contributed by atoms with Gasteiger partial charge in [0.2, 0.25) is 5.91 Å². The molecule has 0 fully saturated rings. The Bertz CT molecular complexity index is 126. The van der Waals surface area contributed by atoms with Crippen molar-refractivity contribution in [1.82, 2.24) is 0 Å². The van der Waals surface area contributed by atoms with Gasteiger partial charge in [0.15, 0.2) is 0 Å². The van der Waals surface area contributed by atoms with E-state index in [1.807, 2.05) is 0 Å². The second-order valence-corrected chi connectivity index (χ2v) is 1.47. The molecule has 0 aliphatic heterocycles. The molecule has 0 heterocycles. The highest BCUT2D eigenvalue weighted by Crippen LogP contribution is 1.78. The third kappa shape index (κ3) is 6.99. The van der Waals surface area contributed by atoms with Gasteiger partial charge in [-0.25, -0.2) is 0 Å². The first kappa shape index (κ1) is 7.99. The van der Waals surface area contributed by atoms with E-state index in [1.54, 1.807) is 0 Å². The van der Waals surface area contributed by atoms with Crippen molar-refractivity contribution in [3.63, 3.8) is 0 Å². The zero-order valence-electron chi connectivity index (χ0n) is 5.09. The smallest absolute Gasteiger partial charge is 0.219 e. The Labute approximate surface area is 54.2 Å². The Morgan fingerprint density at radius 2 is 2.44 bits per heavy atom. The van der Waals surface area contributed by atoms with Crippen LogP contribution in [0.5, 0.6) is 0 Å². The third-order valence-corrected chi connectivity index (χ3v) is 0.678. The number of nitrogens with two attached hydrogens (primary N) is 1. The predicted molar refractivity (Wildman–Crippen MR) is 33.5 cm³/mol. The first-order chi connectivity index (χ1) is 4.27. The van der Waals surface area contributed by atoms with Gasteiger partial charge in [-0.2, -0.15) is 0 Å².